The van der Waals surface area contributed by atoms with E-state index in [-0.39, 0.29) is 13.0 Å². The maximum atomic E-state index is 12.5. The molecule has 27 heavy (non-hydrogen) atoms. The van der Waals surface area contributed by atoms with Gasteiger partial charge in [-0.3, -0.25) is 9.36 Å². The lowest BCUT2D eigenvalue weighted by atomic mass is 10.1. The van der Waals surface area contributed by atoms with Crippen LogP contribution in [0.1, 0.15) is 17.5 Å². The summed E-state index contributed by atoms with van der Waals surface area (Å²) in [5.41, 5.74) is 1.68. The molecule has 0 saturated carbocycles. The predicted molar refractivity (Wildman–Crippen MR) is 101 cm³/mol. The molecule has 0 bridgehead atoms. The maximum absolute atomic E-state index is 12.5. The van der Waals surface area contributed by atoms with Crippen LogP contribution >= 0.6 is 7.37 Å². The molecule has 2 aromatic rings. The molecule has 2 unspecified atom stereocenters. The number of carboxylic acids is 1. The number of hydrogen-bond donors (Lipinski definition) is 3. The van der Waals surface area contributed by atoms with Crippen LogP contribution < -0.4 is 5.32 Å². The van der Waals surface area contributed by atoms with Crippen LogP contribution in [-0.4, -0.2) is 34.0 Å². The summed E-state index contributed by atoms with van der Waals surface area (Å²) in [6.45, 7) is 0.00669. The topological polar surface area (TPSA) is 113 Å². The number of ether oxygens (including phenoxy) is 1. The van der Waals surface area contributed by atoms with E-state index in [1.165, 1.54) is 0 Å². The summed E-state index contributed by atoms with van der Waals surface area (Å²) in [4.78, 5) is 33.1. The number of aryl methyl sites for hydroxylation is 1. The zero-order valence-electron chi connectivity index (χ0n) is 14.7. The summed E-state index contributed by atoms with van der Waals surface area (Å²) >= 11 is 0. The number of rotatable bonds is 9. The van der Waals surface area contributed by atoms with E-state index in [0.29, 0.717) is 6.42 Å². The van der Waals surface area contributed by atoms with Crippen LogP contribution in [0.2, 0.25) is 0 Å². The van der Waals surface area contributed by atoms with Gasteiger partial charge in [-0.05, 0) is 24.0 Å². The molecule has 0 aliphatic rings. The van der Waals surface area contributed by atoms with Gasteiger partial charge in [0, 0.05) is 0 Å². The first-order valence-electron chi connectivity index (χ1n) is 8.41. The Labute approximate surface area is 157 Å². The summed E-state index contributed by atoms with van der Waals surface area (Å²) in [5.74, 6) is -2.61. The zero-order chi connectivity index (χ0) is 19.7. The Balaban J connectivity index is 2.00. The first-order chi connectivity index (χ1) is 12.9. The van der Waals surface area contributed by atoms with Crippen molar-refractivity contribution in [3.05, 3.63) is 71.8 Å². The number of carboxylic acid groups (broad SMARTS) is 1. The predicted octanol–water partition coefficient (Wildman–Crippen LogP) is 3.23. The third-order valence-electron chi connectivity index (χ3n) is 3.90. The summed E-state index contributed by atoms with van der Waals surface area (Å²) < 4.78 is 17.5. The van der Waals surface area contributed by atoms with Crippen LogP contribution in [0.3, 0.4) is 0 Å². The molecule has 0 heterocycles. The highest BCUT2D eigenvalue weighted by Crippen LogP contribution is 2.46. The molecule has 2 aromatic carbocycles. The lowest BCUT2D eigenvalue weighted by Gasteiger charge is -2.23. The molecule has 0 aliphatic carbocycles. The Morgan fingerprint density at radius 1 is 1.00 bits per heavy atom. The van der Waals surface area contributed by atoms with Crippen LogP contribution in [0.4, 0.5) is 4.79 Å². The third kappa shape index (κ3) is 7.25. The fourth-order valence-electron chi connectivity index (χ4n) is 2.53. The molecule has 2 rings (SSSR count). The molecule has 3 N–H and O–H groups in total. The smallest absolute Gasteiger partial charge is 0.408 e. The molecule has 0 saturated heterocycles. The van der Waals surface area contributed by atoms with Crippen LogP contribution in [0.15, 0.2) is 60.7 Å². The van der Waals surface area contributed by atoms with Crippen molar-refractivity contribution < 1.29 is 28.9 Å². The van der Waals surface area contributed by atoms with Gasteiger partial charge in [-0.15, -0.1) is 0 Å². The molecule has 144 valence electrons. The monoisotopic (exact) mass is 391 g/mol. The maximum Gasteiger partial charge on any atom is 0.408 e. The Morgan fingerprint density at radius 3 is 2.11 bits per heavy atom. The van der Waals surface area contributed by atoms with E-state index in [1.807, 2.05) is 36.4 Å². The second kappa shape index (κ2) is 9.90. The lowest BCUT2D eigenvalue weighted by Crippen LogP contribution is -2.36. The fourth-order valence-corrected chi connectivity index (χ4v) is 3.98. The molecule has 1 amide bonds. The van der Waals surface area contributed by atoms with Crippen molar-refractivity contribution in [2.24, 2.45) is 0 Å². The minimum Gasteiger partial charge on any atom is -0.481 e. The second-order valence-corrected chi connectivity index (χ2v) is 8.50. The Hall–Kier alpha value is -2.63. The minimum absolute atomic E-state index is 0.00669. The van der Waals surface area contributed by atoms with Crippen molar-refractivity contribution in [1.82, 2.24) is 5.32 Å². The van der Waals surface area contributed by atoms with Gasteiger partial charge in [0.2, 0.25) is 7.37 Å². The molecule has 7 nitrogen and oxygen atoms in total. The fraction of sp³-hybridized carbons (Fsp3) is 0.263. The highest BCUT2D eigenvalue weighted by Gasteiger charge is 2.34. The number of hydrogen-bond acceptors (Lipinski definition) is 4. The average Bonchev–Trinajstić information content (AvgIpc) is 2.64. The molecule has 2 atom stereocenters. The molecule has 0 aromatic heterocycles. The van der Waals surface area contributed by atoms with E-state index < -0.39 is 31.4 Å². The SMILES string of the molecule is O=C(O)CP(=O)(O)C(CCc1ccccc1)NC(=O)OCc1ccccc1. The number of nitrogens with one attached hydrogen (secondary N) is 1. The van der Waals surface area contributed by atoms with Crippen molar-refractivity contribution in [2.75, 3.05) is 6.16 Å². The van der Waals surface area contributed by atoms with Gasteiger partial charge < -0.3 is 20.1 Å². The van der Waals surface area contributed by atoms with Gasteiger partial charge in [0.25, 0.3) is 0 Å². The minimum atomic E-state index is -4.16. The van der Waals surface area contributed by atoms with Crippen molar-refractivity contribution in [3.8, 4) is 0 Å². The molecule has 8 heteroatoms. The molecule has 0 radical (unpaired) electrons. The largest absolute Gasteiger partial charge is 0.481 e. The number of carbonyl (C=O) groups excluding carboxylic acids is 1. The van der Waals surface area contributed by atoms with Crippen molar-refractivity contribution in [3.63, 3.8) is 0 Å². The summed E-state index contributed by atoms with van der Waals surface area (Å²) in [6.07, 6.45) is -1.26. The molecular weight excluding hydrogens is 369 g/mol. The van der Waals surface area contributed by atoms with Gasteiger partial charge in [-0.1, -0.05) is 60.7 Å². The second-order valence-electron chi connectivity index (χ2n) is 6.05. The molecule has 0 fully saturated rings. The van der Waals surface area contributed by atoms with E-state index in [4.69, 9.17) is 9.84 Å². The number of amides is 1. The van der Waals surface area contributed by atoms with E-state index in [2.05, 4.69) is 5.32 Å². The number of benzene rings is 2. The highest BCUT2D eigenvalue weighted by atomic mass is 31.2. The van der Waals surface area contributed by atoms with Crippen molar-refractivity contribution in [1.29, 1.82) is 0 Å². The number of alkyl carbamates (subject to hydrolysis) is 1. The third-order valence-corrected chi connectivity index (χ3v) is 5.98. The number of aliphatic carboxylic acids is 1. The van der Waals surface area contributed by atoms with E-state index >= 15 is 0 Å². The van der Waals surface area contributed by atoms with Crippen LogP contribution in [0.25, 0.3) is 0 Å². The van der Waals surface area contributed by atoms with Gasteiger partial charge in [-0.2, -0.15) is 0 Å². The average molecular weight is 391 g/mol. The summed E-state index contributed by atoms with van der Waals surface area (Å²) in [6, 6.07) is 18.2. The van der Waals surface area contributed by atoms with E-state index in [9.17, 15) is 19.0 Å². The van der Waals surface area contributed by atoms with Gasteiger partial charge >= 0.3 is 12.1 Å². The van der Waals surface area contributed by atoms with Crippen molar-refractivity contribution in [2.45, 2.75) is 25.2 Å². The van der Waals surface area contributed by atoms with E-state index in [1.54, 1.807) is 24.3 Å². The van der Waals surface area contributed by atoms with Gasteiger partial charge in [0.05, 0.1) is 0 Å². The molecule has 0 spiro atoms. The first kappa shape index (κ1) is 20.7. The standard InChI is InChI=1S/C19H22NO6P/c21-18(22)14-27(24,25)17(12-11-15-7-3-1-4-8-15)20-19(23)26-13-16-9-5-2-6-10-16/h1-10,17H,11-14H2,(H,20,23)(H,21,22)(H,24,25). The first-order valence-corrected chi connectivity index (χ1v) is 10.3. The lowest BCUT2D eigenvalue weighted by molar-refractivity contribution is -0.134. The van der Waals surface area contributed by atoms with Crippen molar-refractivity contribution >= 4 is 19.4 Å². The quantitative estimate of drug-likeness (QED) is 0.566. The summed E-state index contributed by atoms with van der Waals surface area (Å²) in [7, 11) is -4.16. The summed E-state index contributed by atoms with van der Waals surface area (Å²) in [5, 5.41) is 11.3. The Bertz CT molecular complexity index is 796. The Kier molecular flexibility index (Phi) is 7.58. The van der Waals surface area contributed by atoms with Crippen LogP contribution in [-0.2, 0) is 27.1 Å². The van der Waals surface area contributed by atoms with Crippen LogP contribution in [0.5, 0.6) is 0 Å². The normalized spacial score (nSPS) is 14.0. The number of carbonyl (C=O) groups is 2. The van der Waals surface area contributed by atoms with Gasteiger partial charge in [0.1, 0.15) is 18.6 Å². The zero-order valence-corrected chi connectivity index (χ0v) is 15.5. The molecule has 0 aliphatic heterocycles. The molecular formula is C19H22NO6P. The highest BCUT2D eigenvalue weighted by molar-refractivity contribution is 7.59. The van der Waals surface area contributed by atoms with Gasteiger partial charge in [-0.25, -0.2) is 4.79 Å². The Morgan fingerprint density at radius 2 is 1.56 bits per heavy atom. The van der Waals surface area contributed by atoms with E-state index in [0.717, 1.165) is 11.1 Å². The van der Waals surface area contributed by atoms with Crippen LogP contribution in [0, 0.1) is 0 Å². The van der Waals surface area contributed by atoms with Gasteiger partial charge in [0.15, 0.2) is 0 Å².